The molecule has 0 unspecified atom stereocenters. The quantitative estimate of drug-likeness (QED) is 0.797. The van der Waals surface area contributed by atoms with Gasteiger partial charge in [-0.3, -0.25) is 9.52 Å². The predicted octanol–water partition coefficient (Wildman–Crippen LogP) is 4.03. The van der Waals surface area contributed by atoms with Crippen LogP contribution in [0.4, 0.5) is 11.4 Å². The van der Waals surface area contributed by atoms with Gasteiger partial charge in [0.25, 0.3) is 5.91 Å². The van der Waals surface area contributed by atoms with E-state index in [-0.39, 0.29) is 11.7 Å². The van der Waals surface area contributed by atoms with E-state index < -0.39 is 10.0 Å². The summed E-state index contributed by atoms with van der Waals surface area (Å²) in [7, 11) is -3.35. The second-order valence-corrected chi connectivity index (χ2v) is 9.02. The van der Waals surface area contributed by atoms with Gasteiger partial charge in [-0.05, 0) is 55.9 Å². The maximum Gasteiger partial charge on any atom is 0.256 e. The van der Waals surface area contributed by atoms with Gasteiger partial charge in [0.1, 0.15) is 0 Å². The van der Waals surface area contributed by atoms with E-state index in [4.69, 9.17) is 0 Å². The van der Waals surface area contributed by atoms with Crippen LogP contribution in [0.25, 0.3) is 0 Å². The van der Waals surface area contributed by atoms with Crippen molar-refractivity contribution < 1.29 is 13.2 Å². The predicted molar refractivity (Wildman–Crippen MR) is 103 cm³/mol. The number of hydrogen-bond donors (Lipinski definition) is 2. The van der Waals surface area contributed by atoms with Crippen LogP contribution in [-0.2, 0) is 22.9 Å². The normalized spacial score (nSPS) is 14.0. The van der Waals surface area contributed by atoms with Gasteiger partial charge in [-0.1, -0.05) is 13.0 Å². The monoisotopic (exact) mass is 378 g/mol. The Balaban J connectivity index is 1.74. The Kier molecular flexibility index (Phi) is 5.44. The highest BCUT2D eigenvalue weighted by Gasteiger charge is 2.20. The maximum atomic E-state index is 12.6. The van der Waals surface area contributed by atoms with Crippen LogP contribution in [0.3, 0.4) is 0 Å². The van der Waals surface area contributed by atoms with E-state index in [1.54, 1.807) is 35.6 Å². The SMILES string of the molecule is CCCS(=O)(=O)Nc1cccc(NC(=O)c2csc3c2CCCC3)c1. The molecule has 1 aromatic heterocycles. The van der Waals surface area contributed by atoms with Crippen molar-refractivity contribution in [1.29, 1.82) is 0 Å². The minimum atomic E-state index is -3.35. The summed E-state index contributed by atoms with van der Waals surface area (Å²) < 4.78 is 26.3. The zero-order valence-corrected chi connectivity index (χ0v) is 15.8. The molecular formula is C18H22N2O3S2. The van der Waals surface area contributed by atoms with Gasteiger partial charge in [-0.15, -0.1) is 11.3 Å². The van der Waals surface area contributed by atoms with Gasteiger partial charge < -0.3 is 5.32 Å². The summed E-state index contributed by atoms with van der Waals surface area (Å²) in [6.45, 7) is 1.82. The lowest BCUT2D eigenvalue weighted by atomic mass is 9.95. The van der Waals surface area contributed by atoms with E-state index in [9.17, 15) is 13.2 Å². The highest BCUT2D eigenvalue weighted by atomic mass is 32.2. The molecule has 3 rings (SSSR count). The molecule has 2 aromatic rings. The van der Waals surface area contributed by atoms with Crippen molar-refractivity contribution >= 4 is 38.6 Å². The standard InChI is InChI=1S/C18H22N2O3S2/c1-2-10-25(22,23)20-14-7-5-6-13(11-14)19-18(21)16-12-24-17-9-4-3-8-15(16)17/h5-7,11-12,20H,2-4,8-10H2,1H3,(H,19,21). The first-order chi connectivity index (χ1) is 12.0. The van der Waals surface area contributed by atoms with E-state index in [1.165, 1.54) is 16.9 Å². The molecule has 0 saturated heterocycles. The summed E-state index contributed by atoms with van der Waals surface area (Å²) in [6.07, 6.45) is 4.88. The molecule has 0 aliphatic heterocycles. The van der Waals surface area contributed by atoms with Crippen LogP contribution in [0.2, 0.25) is 0 Å². The summed E-state index contributed by atoms with van der Waals surface area (Å²) in [5.41, 5.74) is 2.96. The zero-order valence-electron chi connectivity index (χ0n) is 14.2. The number of anilines is 2. The molecule has 0 fully saturated rings. The average Bonchev–Trinajstić information content (AvgIpc) is 2.98. The highest BCUT2D eigenvalue weighted by molar-refractivity contribution is 7.92. The second-order valence-electron chi connectivity index (χ2n) is 6.21. The van der Waals surface area contributed by atoms with Crippen LogP contribution >= 0.6 is 11.3 Å². The molecule has 1 amide bonds. The molecule has 0 saturated carbocycles. The third-order valence-electron chi connectivity index (χ3n) is 4.17. The van der Waals surface area contributed by atoms with Crippen molar-refractivity contribution in [1.82, 2.24) is 0 Å². The fourth-order valence-corrected chi connectivity index (χ4v) is 5.29. The van der Waals surface area contributed by atoms with E-state index in [2.05, 4.69) is 10.0 Å². The van der Waals surface area contributed by atoms with Crippen LogP contribution in [0.1, 0.15) is 47.0 Å². The van der Waals surface area contributed by atoms with Crippen molar-refractivity contribution in [3.63, 3.8) is 0 Å². The van der Waals surface area contributed by atoms with Crippen LogP contribution < -0.4 is 10.0 Å². The third kappa shape index (κ3) is 4.41. The molecule has 1 aromatic carbocycles. The molecule has 0 spiro atoms. The summed E-state index contributed by atoms with van der Waals surface area (Å²) >= 11 is 1.65. The van der Waals surface area contributed by atoms with Gasteiger partial charge >= 0.3 is 0 Å². The fraction of sp³-hybridized carbons (Fsp3) is 0.389. The van der Waals surface area contributed by atoms with Crippen LogP contribution in [0, 0.1) is 0 Å². The summed E-state index contributed by atoms with van der Waals surface area (Å²) in [4.78, 5) is 13.9. The molecule has 2 N–H and O–H groups in total. The van der Waals surface area contributed by atoms with Gasteiger partial charge in [-0.2, -0.15) is 0 Å². The molecule has 25 heavy (non-hydrogen) atoms. The lowest BCUT2D eigenvalue weighted by Crippen LogP contribution is -2.17. The number of sulfonamides is 1. The number of carbonyl (C=O) groups excluding carboxylic acids is 1. The van der Waals surface area contributed by atoms with Gasteiger partial charge in [0.05, 0.1) is 17.0 Å². The minimum absolute atomic E-state index is 0.0740. The Labute approximate surface area is 152 Å². The van der Waals surface area contributed by atoms with Crippen molar-refractivity contribution in [2.75, 3.05) is 15.8 Å². The van der Waals surface area contributed by atoms with Crippen LogP contribution in [-0.4, -0.2) is 20.1 Å². The summed E-state index contributed by atoms with van der Waals surface area (Å²) in [5, 5.41) is 4.82. The van der Waals surface area contributed by atoms with Gasteiger partial charge in [0.2, 0.25) is 10.0 Å². The molecule has 134 valence electrons. The Hall–Kier alpha value is -1.86. The highest BCUT2D eigenvalue weighted by Crippen LogP contribution is 2.30. The van der Waals surface area contributed by atoms with Crippen molar-refractivity contribution in [2.45, 2.75) is 39.0 Å². The first-order valence-electron chi connectivity index (χ1n) is 8.49. The zero-order chi connectivity index (χ0) is 17.9. The smallest absolute Gasteiger partial charge is 0.256 e. The number of carbonyl (C=O) groups is 1. The van der Waals surface area contributed by atoms with Gasteiger partial charge in [0.15, 0.2) is 0 Å². The Bertz CT molecular complexity index is 872. The molecule has 7 heteroatoms. The van der Waals surface area contributed by atoms with E-state index in [0.29, 0.717) is 17.8 Å². The summed E-state index contributed by atoms with van der Waals surface area (Å²) in [5.74, 6) is -0.0575. The number of hydrogen-bond acceptors (Lipinski definition) is 4. The largest absolute Gasteiger partial charge is 0.322 e. The Morgan fingerprint density at radius 1 is 1.20 bits per heavy atom. The average molecular weight is 379 g/mol. The lowest BCUT2D eigenvalue weighted by molar-refractivity contribution is 0.102. The van der Waals surface area contributed by atoms with Crippen LogP contribution in [0.15, 0.2) is 29.6 Å². The van der Waals surface area contributed by atoms with Crippen LogP contribution in [0.5, 0.6) is 0 Å². The van der Waals surface area contributed by atoms with Crippen molar-refractivity contribution in [3.05, 3.63) is 45.6 Å². The topological polar surface area (TPSA) is 75.3 Å². The van der Waals surface area contributed by atoms with E-state index in [1.807, 2.05) is 12.3 Å². The molecule has 0 bridgehead atoms. The second kappa shape index (κ2) is 7.58. The lowest BCUT2D eigenvalue weighted by Gasteiger charge is -2.13. The number of fused-ring (bicyclic) bond motifs is 1. The maximum absolute atomic E-state index is 12.6. The Morgan fingerprint density at radius 3 is 2.76 bits per heavy atom. The number of rotatable bonds is 6. The third-order valence-corrected chi connectivity index (χ3v) is 6.75. The number of amides is 1. The number of thiophene rings is 1. The molecule has 0 radical (unpaired) electrons. The van der Waals surface area contributed by atoms with Gasteiger partial charge in [0, 0.05) is 15.9 Å². The van der Waals surface area contributed by atoms with E-state index in [0.717, 1.165) is 24.8 Å². The van der Waals surface area contributed by atoms with Gasteiger partial charge in [-0.25, -0.2) is 8.42 Å². The first kappa shape index (κ1) is 17.9. The molecule has 0 atom stereocenters. The van der Waals surface area contributed by atoms with Crippen molar-refractivity contribution in [3.8, 4) is 0 Å². The Morgan fingerprint density at radius 2 is 1.96 bits per heavy atom. The summed E-state index contributed by atoms with van der Waals surface area (Å²) in [6, 6.07) is 6.80. The first-order valence-corrected chi connectivity index (χ1v) is 11.0. The molecular weight excluding hydrogens is 356 g/mol. The number of aryl methyl sites for hydroxylation is 1. The van der Waals surface area contributed by atoms with E-state index >= 15 is 0 Å². The number of benzene rings is 1. The molecule has 1 aliphatic carbocycles. The fourth-order valence-electron chi connectivity index (χ4n) is 3.04. The molecule has 5 nitrogen and oxygen atoms in total. The number of nitrogens with one attached hydrogen (secondary N) is 2. The molecule has 1 heterocycles. The minimum Gasteiger partial charge on any atom is -0.322 e. The molecule has 1 aliphatic rings. The van der Waals surface area contributed by atoms with Crippen molar-refractivity contribution in [2.24, 2.45) is 0 Å².